The molecule has 0 N–H and O–H groups in total. The summed E-state index contributed by atoms with van der Waals surface area (Å²) in [4.78, 5) is 17.6. The molecule has 0 aliphatic carbocycles. The molecule has 0 aliphatic heterocycles. The molecule has 8 heteroatoms. The van der Waals surface area contributed by atoms with Crippen molar-refractivity contribution >= 4 is 43.2 Å². The standard InChI is InChI=1S/C23H21N3O3S2/c1-3-26(18-9-5-4-6-10-18)31(28,29)19-15-13-17(14-16-19)22(27)24-23-25(2)20-11-7-8-12-21(20)30-23/h4-16H,3H2,1-2H3. The van der Waals surface area contributed by atoms with Crippen molar-refractivity contribution in [3.05, 3.63) is 89.2 Å². The lowest BCUT2D eigenvalue weighted by atomic mass is 10.2. The summed E-state index contributed by atoms with van der Waals surface area (Å²) in [5, 5.41) is 0. The molecule has 0 spiro atoms. The maximum atomic E-state index is 13.1. The summed E-state index contributed by atoms with van der Waals surface area (Å²) in [6.45, 7) is 2.08. The van der Waals surface area contributed by atoms with Gasteiger partial charge < -0.3 is 4.57 Å². The Labute approximate surface area is 184 Å². The third-order valence-corrected chi connectivity index (χ3v) is 7.96. The zero-order valence-corrected chi connectivity index (χ0v) is 18.7. The van der Waals surface area contributed by atoms with Gasteiger partial charge in [-0.1, -0.05) is 41.7 Å². The average Bonchev–Trinajstić information content (AvgIpc) is 3.10. The van der Waals surface area contributed by atoms with Gasteiger partial charge in [0.25, 0.3) is 15.9 Å². The van der Waals surface area contributed by atoms with Crippen LogP contribution in [0.5, 0.6) is 0 Å². The summed E-state index contributed by atoms with van der Waals surface area (Å²) in [7, 11) is -1.88. The van der Waals surface area contributed by atoms with Crippen LogP contribution in [0.1, 0.15) is 17.3 Å². The number of sulfonamides is 1. The van der Waals surface area contributed by atoms with E-state index in [0.29, 0.717) is 22.6 Å². The Bertz CT molecular complexity index is 1400. The molecule has 3 aromatic carbocycles. The van der Waals surface area contributed by atoms with Gasteiger partial charge in [0.1, 0.15) is 0 Å². The first-order valence-corrected chi connectivity index (χ1v) is 12.0. The molecular weight excluding hydrogens is 430 g/mol. The quantitative estimate of drug-likeness (QED) is 0.457. The molecule has 4 aromatic rings. The number of amides is 1. The van der Waals surface area contributed by atoms with Crippen molar-refractivity contribution in [2.75, 3.05) is 10.8 Å². The van der Waals surface area contributed by atoms with Gasteiger partial charge in [-0.05, 0) is 55.5 Å². The summed E-state index contributed by atoms with van der Waals surface area (Å²) in [6.07, 6.45) is 0. The molecule has 1 amide bonds. The highest BCUT2D eigenvalue weighted by Gasteiger charge is 2.23. The first-order valence-electron chi connectivity index (χ1n) is 9.73. The lowest BCUT2D eigenvalue weighted by Crippen LogP contribution is -2.30. The van der Waals surface area contributed by atoms with Gasteiger partial charge >= 0.3 is 0 Å². The van der Waals surface area contributed by atoms with Crippen LogP contribution in [-0.2, 0) is 17.1 Å². The van der Waals surface area contributed by atoms with Crippen LogP contribution in [-0.4, -0.2) is 25.4 Å². The zero-order valence-electron chi connectivity index (χ0n) is 17.1. The van der Waals surface area contributed by atoms with Crippen LogP contribution in [0.25, 0.3) is 10.2 Å². The number of aryl methyl sites for hydroxylation is 1. The molecule has 0 aliphatic rings. The number of para-hydroxylation sites is 2. The highest BCUT2D eigenvalue weighted by Crippen LogP contribution is 2.23. The van der Waals surface area contributed by atoms with Gasteiger partial charge in [0, 0.05) is 19.2 Å². The summed E-state index contributed by atoms with van der Waals surface area (Å²) >= 11 is 1.43. The molecule has 0 fully saturated rings. The second kappa shape index (κ2) is 8.49. The number of fused-ring (bicyclic) bond motifs is 1. The van der Waals surface area contributed by atoms with Crippen molar-refractivity contribution in [2.45, 2.75) is 11.8 Å². The van der Waals surface area contributed by atoms with Gasteiger partial charge in [0.2, 0.25) is 0 Å². The van der Waals surface area contributed by atoms with Gasteiger partial charge in [-0.2, -0.15) is 4.99 Å². The number of carbonyl (C=O) groups excluding carboxylic acids is 1. The Morgan fingerprint density at radius 3 is 2.26 bits per heavy atom. The van der Waals surface area contributed by atoms with Crippen LogP contribution in [0.15, 0.2) is 88.8 Å². The smallest absolute Gasteiger partial charge is 0.279 e. The first kappa shape index (κ1) is 21.0. The second-order valence-electron chi connectivity index (χ2n) is 6.86. The van der Waals surface area contributed by atoms with E-state index in [4.69, 9.17) is 0 Å². The minimum absolute atomic E-state index is 0.127. The van der Waals surface area contributed by atoms with Crippen molar-refractivity contribution in [2.24, 2.45) is 12.0 Å². The van der Waals surface area contributed by atoms with Crippen LogP contribution < -0.4 is 9.11 Å². The molecule has 1 aromatic heterocycles. The van der Waals surface area contributed by atoms with Crippen molar-refractivity contribution in [1.82, 2.24) is 4.57 Å². The number of rotatable bonds is 5. The Morgan fingerprint density at radius 2 is 1.61 bits per heavy atom. The van der Waals surface area contributed by atoms with E-state index in [0.717, 1.165) is 10.2 Å². The van der Waals surface area contributed by atoms with Crippen molar-refractivity contribution < 1.29 is 13.2 Å². The van der Waals surface area contributed by atoms with E-state index < -0.39 is 15.9 Å². The Morgan fingerprint density at radius 1 is 0.968 bits per heavy atom. The summed E-state index contributed by atoms with van der Waals surface area (Å²) in [6, 6.07) is 22.7. The minimum atomic E-state index is -3.74. The van der Waals surface area contributed by atoms with Gasteiger partial charge in [-0.25, -0.2) is 8.42 Å². The average molecular weight is 452 g/mol. The first-order chi connectivity index (χ1) is 14.9. The molecule has 0 saturated carbocycles. The second-order valence-corrected chi connectivity index (χ2v) is 9.73. The summed E-state index contributed by atoms with van der Waals surface area (Å²) < 4.78 is 30.4. The monoisotopic (exact) mass is 451 g/mol. The molecule has 6 nitrogen and oxygen atoms in total. The normalized spacial score (nSPS) is 12.3. The number of carbonyl (C=O) groups is 1. The third-order valence-electron chi connectivity index (χ3n) is 4.93. The van der Waals surface area contributed by atoms with E-state index in [-0.39, 0.29) is 4.90 Å². The number of hydrogen-bond acceptors (Lipinski definition) is 4. The summed E-state index contributed by atoms with van der Waals surface area (Å²) in [5.74, 6) is -0.415. The largest absolute Gasteiger partial charge is 0.319 e. The van der Waals surface area contributed by atoms with Crippen LogP contribution in [0.3, 0.4) is 0 Å². The fraction of sp³-hybridized carbons (Fsp3) is 0.130. The number of aromatic nitrogens is 1. The maximum Gasteiger partial charge on any atom is 0.279 e. The van der Waals surface area contributed by atoms with Crippen molar-refractivity contribution in [3.8, 4) is 0 Å². The molecule has 0 saturated heterocycles. The zero-order chi connectivity index (χ0) is 22.0. The SMILES string of the molecule is CCN(c1ccccc1)S(=O)(=O)c1ccc(C(=O)N=c2sc3ccccc3n2C)cc1. The third kappa shape index (κ3) is 4.04. The van der Waals surface area contributed by atoms with E-state index in [1.54, 1.807) is 31.2 Å². The van der Waals surface area contributed by atoms with E-state index in [1.807, 2.05) is 41.9 Å². The van der Waals surface area contributed by atoms with Gasteiger partial charge in [0.15, 0.2) is 4.80 Å². The predicted molar refractivity (Wildman–Crippen MR) is 124 cm³/mol. The fourth-order valence-corrected chi connectivity index (χ4v) is 5.81. The highest BCUT2D eigenvalue weighted by molar-refractivity contribution is 7.92. The summed E-state index contributed by atoms with van der Waals surface area (Å²) in [5.41, 5.74) is 1.93. The lowest BCUT2D eigenvalue weighted by Gasteiger charge is -2.22. The van der Waals surface area contributed by atoms with Crippen LogP contribution in [0.2, 0.25) is 0 Å². The van der Waals surface area contributed by atoms with Crippen LogP contribution in [0, 0.1) is 0 Å². The Hall–Kier alpha value is -3.23. The number of nitrogens with zero attached hydrogens (tertiary/aromatic N) is 3. The molecule has 0 atom stereocenters. The van der Waals surface area contributed by atoms with E-state index >= 15 is 0 Å². The molecule has 31 heavy (non-hydrogen) atoms. The fourth-order valence-electron chi connectivity index (χ4n) is 3.32. The van der Waals surface area contributed by atoms with Crippen molar-refractivity contribution in [3.63, 3.8) is 0 Å². The Balaban J connectivity index is 1.64. The lowest BCUT2D eigenvalue weighted by molar-refractivity contribution is 0.0998. The van der Waals surface area contributed by atoms with Gasteiger partial charge in [-0.3, -0.25) is 9.10 Å². The van der Waals surface area contributed by atoms with Crippen molar-refractivity contribution in [1.29, 1.82) is 0 Å². The molecule has 4 rings (SSSR count). The highest BCUT2D eigenvalue weighted by atomic mass is 32.2. The molecular formula is C23H21N3O3S2. The predicted octanol–water partition coefficient (Wildman–Crippen LogP) is 4.20. The minimum Gasteiger partial charge on any atom is -0.319 e. The van der Waals surface area contributed by atoms with E-state index in [1.165, 1.54) is 39.9 Å². The molecule has 0 bridgehead atoms. The van der Waals surface area contributed by atoms with E-state index in [9.17, 15) is 13.2 Å². The number of hydrogen-bond donors (Lipinski definition) is 0. The topological polar surface area (TPSA) is 71.7 Å². The maximum absolute atomic E-state index is 13.1. The molecule has 0 unspecified atom stereocenters. The number of anilines is 1. The molecule has 1 heterocycles. The van der Waals surface area contributed by atoms with Crippen LogP contribution >= 0.6 is 11.3 Å². The van der Waals surface area contributed by atoms with Gasteiger partial charge in [-0.15, -0.1) is 0 Å². The molecule has 0 radical (unpaired) electrons. The Kier molecular flexibility index (Phi) is 5.75. The van der Waals surface area contributed by atoms with Gasteiger partial charge in [0.05, 0.1) is 20.8 Å². The van der Waals surface area contributed by atoms with E-state index in [2.05, 4.69) is 4.99 Å². The number of thiazole rings is 1. The number of benzene rings is 3. The molecule has 158 valence electrons. The van der Waals surface area contributed by atoms with Crippen LogP contribution in [0.4, 0.5) is 5.69 Å².